The Morgan fingerprint density at radius 2 is 2.07 bits per heavy atom. The number of nitrogens with zero attached hydrogens (tertiary/aromatic N) is 3. The van der Waals surface area contributed by atoms with Crippen LogP contribution in [0, 0.1) is 0 Å². The predicted octanol–water partition coefficient (Wildman–Crippen LogP) is 4.00. The van der Waals surface area contributed by atoms with E-state index in [1.807, 2.05) is 32.0 Å². The molecule has 28 heavy (non-hydrogen) atoms. The average molecular weight is 485 g/mol. The van der Waals surface area contributed by atoms with E-state index in [1.54, 1.807) is 24.5 Å². The van der Waals surface area contributed by atoms with Crippen LogP contribution in [0.3, 0.4) is 0 Å². The van der Waals surface area contributed by atoms with Gasteiger partial charge in [-0.25, -0.2) is 4.98 Å². The van der Waals surface area contributed by atoms with E-state index in [1.165, 1.54) is 11.8 Å². The highest BCUT2D eigenvalue weighted by atomic mass is 79.9. The highest BCUT2D eigenvalue weighted by Gasteiger charge is 2.34. The standard InChI is InChI=1S/C16H15BrN4O3S2.C2H6/c1-16(25-2,15(23)18-8-22)7-13-21-20-12(24-13)6-14-19-10-4-3-9(17)5-11(10)26-14;1-2/h3-5,8H,6-7H2,1-2H3,(H,18,22,23);1-2H3. The Hall–Kier alpha value is -1.78. The van der Waals surface area contributed by atoms with Crippen molar-refractivity contribution in [1.82, 2.24) is 20.5 Å². The molecule has 2 aromatic heterocycles. The number of halogens is 1. The summed E-state index contributed by atoms with van der Waals surface area (Å²) in [6.45, 7) is 5.73. The first-order chi connectivity index (χ1) is 13.4. The number of rotatable bonds is 7. The number of aromatic nitrogens is 3. The summed E-state index contributed by atoms with van der Waals surface area (Å²) >= 11 is 6.34. The SMILES string of the molecule is CC.CSC(C)(Cc1nnc(Cc2nc3ccc(Br)cc3s2)o1)C(=O)NC=O. The molecule has 3 aromatic rings. The van der Waals surface area contributed by atoms with E-state index in [0.717, 1.165) is 19.7 Å². The Balaban J connectivity index is 0.00000136. The summed E-state index contributed by atoms with van der Waals surface area (Å²) in [4.78, 5) is 27.2. The number of thiazole rings is 1. The molecule has 0 saturated carbocycles. The highest BCUT2D eigenvalue weighted by molar-refractivity contribution is 9.10. The number of benzene rings is 1. The maximum atomic E-state index is 12.1. The van der Waals surface area contributed by atoms with E-state index in [-0.39, 0.29) is 6.42 Å². The van der Waals surface area contributed by atoms with Crippen LogP contribution in [0.15, 0.2) is 27.1 Å². The van der Waals surface area contributed by atoms with Crippen molar-refractivity contribution in [2.75, 3.05) is 6.26 Å². The minimum atomic E-state index is -0.868. The van der Waals surface area contributed by atoms with Crippen molar-refractivity contribution in [3.8, 4) is 0 Å². The molecule has 0 saturated heterocycles. The minimum Gasteiger partial charge on any atom is -0.425 e. The zero-order chi connectivity index (χ0) is 20.7. The maximum Gasteiger partial charge on any atom is 0.242 e. The molecule has 1 N–H and O–H groups in total. The molecule has 2 amide bonds. The fourth-order valence-electron chi connectivity index (χ4n) is 2.32. The molecular weight excluding hydrogens is 464 g/mol. The summed E-state index contributed by atoms with van der Waals surface area (Å²) in [6, 6.07) is 5.92. The molecule has 0 aliphatic carbocycles. The first-order valence-corrected chi connectivity index (χ1v) is 11.4. The number of carbonyl (C=O) groups is 2. The van der Waals surface area contributed by atoms with Gasteiger partial charge in [-0.05, 0) is 31.4 Å². The first kappa shape index (κ1) is 22.5. The van der Waals surface area contributed by atoms with Crippen molar-refractivity contribution >= 4 is 61.6 Å². The molecule has 0 bridgehead atoms. The lowest BCUT2D eigenvalue weighted by molar-refractivity contribution is -0.126. The molecular formula is C18H21BrN4O3S2. The molecule has 0 aliphatic heterocycles. The van der Waals surface area contributed by atoms with Crippen molar-refractivity contribution in [2.45, 2.75) is 38.4 Å². The van der Waals surface area contributed by atoms with Crippen LogP contribution in [0.2, 0.25) is 0 Å². The van der Waals surface area contributed by atoms with Gasteiger partial charge in [0.25, 0.3) is 0 Å². The minimum absolute atomic E-state index is 0.230. The third kappa shape index (κ3) is 5.39. The van der Waals surface area contributed by atoms with Gasteiger partial charge in [0.05, 0.1) is 16.6 Å². The number of fused-ring (bicyclic) bond motifs is 1. The Labute approximate surface area is 179 Å². The largest absolute Gasteiger partial charge is 0.425 e. The van der Waals surface area contributed by atoms with Crippen molar-refractivity contribution in [3.05, 3.63) is 39.5 Å². The molecule has 10 heteroatoms. The van der Waals surface area contributed by atoms with Gasteiger partial charge in [0.15, 0.2) is 0 Å². The van der Waals surface area contributed by atoms with Crippen molar-refractivity contribution in [1.29, 1.82) is 0 Å². The Kier molecular flexibility index (Phi) is 8.14. The second kappa shape index (κ2) is 10.1. The normalized spacial score (nSPS) is 12.8. The molecule has 1 aromatic carbocycles. The van der Waals surface area contributed by atoms with Crippen molar-refractivity contribution in [2.24, 2.45) is 0 Å². The van der Waals surface area contributed by atoms with Gasteiger partial charge in [-0.1, -0.05) is 29.8 Å². The first-order valence-electron chi connectivity index (χ1n) is 8.59. The number of hydrogen-bond donors (Lipinski definition) is 1. The summed E-state index contributed by atoms with van der Waals surface area (Å²) in [5, 5.41) is 11.1. The van der Waals surface area contributed by atoms with Crippen LogP contribution in [0.5, 0.6) is 0 Å². The van der Waals surface area contributed by atoms with Gasteiger partial charge in [-0.2, -0.15) is 0 Å². The van der Waals surface area contributed by atoms with E-state index in [9.17, 15) is 9.59 Å². The van der Waals surface area contributed by atoms with Crippen LogP contribution >= 0.6 is 39.0 Å². The molecule has 1 unspecified atom stereocenters. The average Bonchev–Trinajstić information content (AvgIpc) is 3.29. The van der Waals surface area contributed by atoms with E-state index in [4.69, 9.17) is 4.42 Å². The van der Waals surface area contributed by atoms with E-state index in [2.05, 4.69) is 36.4 Å². The van der Waals surface area contributed by atoms with E-state index in [0.29, 0.717) is 24.6 Å². The lowest BCUT2D eigenvalue weighted by Gasteiger charge is -2.22. The van der Waals surface area contributed by atoms with Crippen LogP contribution in [0.1, 0.15) is 37.6 Å². The zero-order valence-electron chi connectivity index (χ0n) is 16.0. The third-order valence-electron chi connectivity index (χ3n) is 3.82. The molecule has 3 rings (SSSR count). The monoisotopic (exact) mass is 484 g/mol. The molecule has 0 radical (unpaired) electrons. The number of hydrogen-bond acceptors (Lipinski definition) is 8. The number of carbonyl (C=O) groups excluding carboxylic acids is 2. The summed E-state index contributed by atoms with van der Waals surface area (Å²) in [5.74, 6) is 0.399. The van der Waals surface area contributed by atoms with Crippen LogP contribution in [-0.2, 0) is 22.4 Å². The van der Waals surface area contributed by atoms with Gasteiger partial charge >= 0.3 is 0 Å². The third-order valence-corrected chi connectivity index (χ3v) is 6.56. The summed E-state index contributed by atoms with van der Waals surface area (Å²) in [7, 11) is 0. The van der Waals surface area contributed by atoms with Gasteiger partial charge < -0.3 is 4.42 Å². The van der Waals surface area contributed by atoms with Gasteiger partial charge in [-0.15, -0.1) is 33.3 Å². The van der Waals surface area contributed by atoms with Crippen LogP contribution < -0.4 is 5.32 Å². The fourth-order valence-corrected chi connectivity index (χ4v) is 4.34. The lowest BCUT2D eigenvalue weighted by Crippen LogP contribution is -2.43. The second-order valence-electron chi connectivity index (χ2n) is 5.69. The van der Waals surface area contributed by atoms with E-state index < -0.39 is 10.7 Å². The molecule has 2 heterocycles. The second-order valence-corrected chi connectivity index (χ2v) is 9.03. The topological polar surface area (TPSA) is 98.0 Å². The quantitative estimate of drug-likeness (QED) is 0.506. The van der Waals surface area contributed by atoms with Gasteiger partial charge in [0, 0.05) is 10.9 Å². The van der Waals surface area contributed by atoms with Crippen LogP contribution in [0.4, 0.5) is 0 Å². The van der Waals surface area contributed by atoms with Crippen molar-refractivity contribution < 1.29 is 14.0 Å². The smallest absolute Gasteiger partial charge is 0.242 e. The Morgan fingerprint density at radius 1 is 1.36 bits per heavy atom. The number of imide groups is 1. The summed E-state index contributed by atoms with van der Waals surface area (Å²) in [5.41, 5.74) is 0.924. The predicted molar refractivity (Wildman–Crippen MR) is 116 cm³/mol. The highest BCUT2D eigenvalue weighted by Crippen LogP contribution is 2.29. The Morgan fingerprint density at radius 3 is 2.75 bits per heavy atom. The maximum absolute atomic E-state index is 12.1. The molecule has 7 nitrogen and oxygen atoms in total. The fraction of sp³-hybridized carbons (Fsp3) is 0.389. The van der Waals surface area contributed by atoms with Crippen molar-refractivity contribution in [3.63, 3.8) is 0 Å². The zero-order valence-corrected chi connectivity index (χ0v) is 19.2. The molecule has 150 valence electrons. The van der Waals surface area contributed by atoms with Gasteiger partial charge in [0.1, 0.15) is 9.75 Å². The number of thioether (sulfide) groups is 1. The van der Waals surface area contributed by atoms with Gasteiger partial charge in [-0.3, -0.25) is 14.9 Å². The molecule has 0 aliphatic rings. The van der Waals surface area contributed by atoms with Crippen LogP contribution in [0.25, 0.3) is 10.2 Å². The van der Waals surface area contributed by atoms with Crippen LogP contribution in [-0.4, -0.2) is 38.5 Å². The molecule has 0 fully saturated rings. The Bertz CT molecular complexity index is 959. The number of amides is 2. The summed E-state index contributed by atoms with van der Waals surface area (Å²) in [6.07, 6.45) is 2.83. The van der Waals surface area contributed by atoms with E-state index >= 15 is 0 Å². The summed E-state index contributed by atoms with van der Waals surface area (Å²) < 4.78 is 6.90. The molecule has 0 spiro atoms. The lowest BCUT2D eigenvalue weighted by atomic mass is 10.1. The van der Waals surface area contributed by atoms with Gasteiger partial charge in [0.2, 0.25) is 24.1 Å². The molecule has 1 atom stereocenters. The number of nitrogens with one attached hydrogen (secondary N) is 1.